The van der Waals surface area contributed by atoms with Gasteiger partial charge in [0, 0.05) is 18.4 Å². The minimum atomic E-state index is -4.06. The number of nitrogens with zero attached hydrogens (tertiary/aromatic N) is 2. The highest BCUT2D eigenvalue weighted by atomic mass is 32.2. The van der Waals surface area contributed by atoms with E-state index >= 15 is 0 Å². The average molecular weight is 295 g/mol. The fourth-order valence-corrected chi connectivity index (χ4v) is 3.28. The molecule has 0 saturated heterocycles. The lowest BCUT2D eigenvalue weighted by molar-refractivity contribution is 0.551. The number of benzene rings is 1. The van der Waals surface area contributed by atoms with Crippen LogP contribution in [0.15, 0.2) is 47.6 Å². The molecule has 1 heterocycles. The topological polar surface area (TPSA) is 76.3 Å². The van der Waals surface area contributed by atoms with Crippen molar-refractivity contribution < 1.29 is 12.8 Å². The normalized spacial score (nSPS) is 11.3. The number of pyridine rings is 1. The molecule has 20 heavy (non-hydrogen) atoms. The average Bonchev–Trinajstić information content (AvgIpc) is 2.39. The van der Waals surface area contributed by atoms with Gasteiger partial charge in [0.25, 0.3) is 10.0 Å². The molecule has 1 aromatic heterocycles. The zero-order valence-corrected chi connectivity index (χ0v) is 11.6. The highest BCUT2D eigenvalue weighted by molar-refractivity contribution is 7.92. The number of nitrogens with two attached hydrogens (primary N) is 1. The summed E-state index contributed by atoms with van der Waals surface area (Å²) < 4.78 is 39.7. The van der Waals surface area contributed by atoms with Crippen molar-refractivity contribution in [3.05, 3.63) is 48.4 Å². The third-order valence-electron chi connectivity index (χ3n) is 2.70. The van der Waals surface area contributed by atoms with Gasteiger partial charge in [-0.05, 0) is 37.3 Å². The van der Waals surface area contributed by atoms with Crippen LogP contribution in [0.4, 0.5) is 15.8 Å². The van der Waals surface area contributed by atoms with Gasteiger partial charge < -0.3 is 5.73 Å². The molecule has 2 rings (SSSR count). The summed E-state index contributed by atoms with van der Waals surface area (Å²) in [6, 6.07) is 8.79. The highest BCUT2D eigenvalue weighted by Gasteiger charge is 2.28. The zero-order chi connectivity index (χ0) is 14.8. The maximum atomic E-state index is 13.7. The zero-order valence-electron chi connectivity index (χ0n) is 10.8. The number of sulfonamides is 1. The largest absolute Gasteiger partial charge is 0.399 e. The molecule has 0 aliphatic carbocycles. The van der Waals surface area contributed by atoms with Crippen molar-refractivity contribution in [2.45, 2.75) is 11.9 Å². The van der Waals surface area contributed by atoms with Crippen LogP contribution in [0.2, 0.25) is 0 Å². The first kappa shape index (κ1) is 14.3. The molecule has 0 spiro atoms. The minimum absolute atomic E-state index is 0.141. The van der Waals surface area contributed by atoms with Crippen molar-refractivity contribution in [1.29, 1.82) is 0 Å². The summed E-state index contributed by atoms with van der Waals surface area (Å²) >= 11 is 0. The van der Waals surface area contributed by atoms with E-state index in [-0.39, 0.29) is 6.54 Å². The van der Waals surface area contributed by atoms with E-state index in [1.165, 1.54) is 18.3 Å². The van der Waals surface area contributed by atoms with Crippen LogP contribution in [-0.4, -0.2) is 19.9 Å². The van der Waals surface area contributed by atoms with E-state index in [1.807, 2.05) is 0 Å². The molecular weight excluding hydrogens is 281 g/mol. The van der Waals surface area contributed by atoms with Gasteiger partial charge in [-0.3, -0.25) is 4.31 Å². The smallest absolute Gasteiger partial charge is 0.284 e. The van der Waals surface area contributed by atoms with E-state index in [4.69, 9.17) is 5.73 Å². The number of hydrogen-bond acceptors (Lipinski definition) is 4. The Labute approximate surface area is 116 Å². The van der Waals surface area contributed by atoms with Gasteiger partial charge in [-0.15, -0.1) is 0 Å². The van der Waals surface area contributed by atoms with Gasteiger partial charge in [0.2, 0.25) is 5.03 Å². The lowest BCUT2D eigenvalue weighted by Gasteiger charge is -2.22. The molecule has 0 aliphatic rings. The van der Waals surface area contributed by atoms with Gasteiger partial charge >= 0.3 is 0 Å². The molecule has 0 fully saturated rings. The summed E-state index contributed by atoms with van der Waals surface area (Å²) in [4.78, 5) is 3.63. The number of rotatable bonds is 4. The molecule has 0 amide bonds. The standard InChI is InChI=1S/C13H14FN3O2S/c1-2-17(11-6-3-5-10(15)9-11)20(18,19)13-12(14)7-4-8-16-13/h3-9H,2,15H2,1H3. The van der Waals surface area contributed by atoms with E-state index in [0.717, 1.165) is 10.4 Å². The molecule has 0 atom stereocenters. The van der Waals surface area contributed by atoms with Crippen molar-refractivity contribution in [3.63, 3.8) is 0 Å². The molecule has 0 aliphatic heterocycles. The molecule has 2 N–H and O–H groups in total. The molecule has 106 valence electrons. The van der Waals surface area contributed by atoms with E-state index < -0.39 is 20.9 Å². The van der Waals surface area contributed by atoms with Gasteiger partial charge in [-0.1, -0.05) is 6.07 Å². The van der Waals surface area contributed by atoms with Gasteiger partial charge in [-0.25, -0.2) is 9.37 Å². The monoisotopic (exact) mass is 295 g/mol. The van der Waals surface area contributed by atoms with E-state index in [0.29, 0.717) is 11.4 Å². The number of nitrogen functional groups attached to an aromatic ring is 1. The van der Waals surface area contributed by atoms with Crippen LogP contribution in [0.1, 0.15) is 6.92 Å². The minimum Gasteiger partial charge on any atom is -0.399 e. The number of hydrogen-bond donors (Lipinski definition) is 1. The first-order valence-corrected chi connectivity index (χ1v) is 7.39. The van der Waals surface area contributed by atoms with Gasteiger partial charge in [0.05, 0.1) is 5.69 Å². The van der Waals surface area contributed by atoms with Crippen LogP contribution in [0, 0.1) is 5.82 Å². The summed E-state index contributed by atoms with van der Waals surface area (Å²) in [5.74, 6) is -0.880. The molecule has 2 aromatic rings. The summed E-state index contributed by atoms with van der Waals surface area (Å²) in [5, 5.41) is -0.593. The Bertz CT molecular complexity index is 719. The van der Waals surface area contributed by atoms with Gasteiger partial charge in [-0.2, -0.15) is 8.42 Å². The van der Waals surface area contributed by atoms with Crippen LogP contribution < -0.4 is 10.0 Å². The van der Waals surface area contributed by atoms with E-state index in [1.54, 1.807) is 25.1 Å². The number of anilines is 2. The van der Waals surface area contributed by atoms with Crippen LogP contribution in [-0.2, 0) is 10.0 Å². The second-order valence-corrected chi connectivity index (χ2v) is 5.83. The Kier molecular flexibility index (Phi) is 3.89. The second kappa shape index (κ2) is 5.46. The van der Waals surface area contributed by atoms with Crippen LogP contribution in [0.3, 0.4) is 0 Å². The Morgan fingerprint density at radius 3 is 2.65 bits per heavy atom. The van der Waals surface area contributed by atoms with Crippen LogP contribution in [0.25, 0.3) is 0 Å². The van der Waals surface area contributed by atoms with Crippen molar-refractivity contribution >= 4 is 21.4 Å². The molecule has 7 heteroatoms. The van der Waals surface area contributed by atoms with E-state index in [2.05, 4.69) is 4.98 Å². The molecule has 0 unspecified atom stereocenters. The quantitative estimate of drug-likeness (QED) is 0.875. The third-order valence-corrected chi connectivity index (χ3v) is 4.54. The van der Waals surface area contributed by atoms with Crippen molar-refractivity contribution in [3.8, 4) is 0 Å². The SMILES string of the molecule is CCN(c1cccc(N)c1)S(=O)(=O)c1ncccc1F. The first-order valence-electron chi connectivity index (χ1n) is 5.95. The van der Waals surface area contributed by atoms with Crippen molar-refractivity contribution in [2.24, 2.45) is 0 Å². The Morgan fingerprint density at radius 1 is 1.30 bits per heavy atom. The van der Waals surface area contributed by atoms with Crippen molar-refractivity contribution in [1.82, 2.24) is 4.98 Å². The predicted octanol–water partition coefficient (Wildman–Crippen LogP) is 2.02. The lowest BCUT2D eigenvalue weighted by Crippen LogP contribution is -2.32. The van der Waals surface area contributed by atoms with Crippen molar-refractivity contribution in [2.75, 3.05) is 16.6 Å². The summed E-state index contributed by atoms with van der Waals surface area (Å²) in [6.45, 7) is 1.80. The van der Waals surface area contributed by atoms with Gasteiger partial charge in [0.1, 0.15) is 0 Å². The lowest BCUT2D eigenvalue weighted by atomic mass is 10.3. The molecular formula is C13H14FN3O2S. The number of aromatic nitrogens is 1. The molecule has 0 radical (unpaired) electrons. The Balaban J connectivity index is 2.54. The maximum absolute atomic E-state index is 13.7. The highest BCUT2D eigenvalue weighted by Crippen LogP contribution is 2.25. The summed E-state index contributed by atoms with van der Waals surface area (Å²) in [6.07, 6.45) is 1.24. The Hall–Kier alpha value is -2.15. The second-order valence-electron chi connectivity index (χ2n) is 4.06. The summed E-state index contributed by atoms with van der Waals surface area (Å²) in [5.41, 5.74) is 6.45. The molecule has 1 aromatic carbocycles. The van der Waals surface area contributed by atoms with Gasteiger partial charge in [0.15, 0.2) is 5.82 Å². The fourth-order valence-electron chi connectivity index (χ4n) is 1.84. The molecule has 0 saturated carbocycles. The third kappa shape index (κ3) is 2.57. The summed E-state index contributed by atoms with van der Waals surface area (Å²) in [7, 11) is -4.06. The van der Waals surface area contributed by atoms with E-state index in [9.17, 15) is 12.8 Å². The van der Waals surface area contributed by atoms with Crippen LogP contribution in [0.5, 0.6) is 0 Å². The molecule has 5 nitrogen and oxygen atoms in total. The first-order chi connectivity index (χ1) is 9.46. The molecule has 0 bridgehead atoms. The Morgan fingerprint density at radius 2 is 2.05 bits per heavy atom. The predicted molar refractivity (Wildman–Crippen MR) is 75.3 cm³/mol. The fraction of sp³-hybridized carbons (Fsp3) is 0.154. The maximum Gasteiger partial charge on any atom is 0.284 e. The van der Waals surface area contributed by atoms with Crippen LogP contribution >= 0.6 is 0 Å². The number of halogens is 1.